The van der Waals surface area contributed by atoms with Crippen LogP contribution >= 0.6 is 34.8 Å². The Balaban J connectivity index is 2.42. The van der Waals surface area contributed by atoms with E-state index in [1.807, 2.05) is 0 Å². The minimum Gasteiger partial charge on any atom is -0.457 e. The van der Waals surface area contributed by atoms with E-state index >= 15 is 0 Å². The van der Waals surface area contributed by atoms with Crippen LogP contribution in [0.2, 0.25) is 5.02 Å². The summed E-state index contributed by atoms with van der Waals surface area (Å²) in [5.41, 5.74) is 2.64. The van der Waals surface area contributed by atoms with Crippen LogP contribution in [0.15, 0.2) is 77.5 Å². The van der Waals surface area contributed by atoms with Crippen LogP contribution < -0.4 is 4.74 Å². The van der Waals surface area contributed by atoms with Crippen LogP contribution in [0.4, 0.5) is 8.78 Å². The molecule has 1 N–H and O–H groups in total. The molecule has 3 nitrogen and oxygen atoms in total. The summed E-state index contributed by atoms with van der Waals surface area (Å²) in [6.45, 7) is 0.760. The number of aliphatic hydroxyl groups excluding tert-OH is 1. The summed E-state index contributed by atoms with van der Waals surface area (Å²) in [7, 11) is 1.55. The molecule has 0 aliphatic rings. The lowest BCUT2D eigenvalue weighted by atomic mass is 10.00. The van der Waals surface area contributed by atoms with E-state index in [0.717, 1.165) is 6.92 Å². The van der Waals surface area contributed by atoms with Gasteiger partial charge in [-0.15, -0.1) is 0 Å². The standard InChI is InChI=1S/C22H20Cl3F2NO2/c1-22(26,27)20-14-18(30-17-7-5-15(25)6-8-17)9-10-19(20)21(29)28(2)16(11-13-24)4-3-12-23/h3-14,21,29H,1-2H3. The molecular formula is C22H20Cl3F2NO2. The topological polar surface area (TPSA) is 32.7 Å². The molecule has 8 heteroatoms. The van der Waals surface area contributed by atoms with Crippen molar-refractivity contribution in [3.05, 3.63) is 93.6 Å². The summed E-state index contributed by atoms with van der Waals surface area (Å²) in [5.74, 6) is -2.58. The highest BCUT2D eigenvalue weighted by Crippen LogP contribution is 2.38. The van der Waals surface area contributed by atoms with E-state index in [4.69, 9.17) is 39.5 Å². The first-order valence-electron chi connectivity index (χ1n) is 8.77. The Bertz CT molecular complexity index is 938. The summed E-state index contributed by atoms with van der Waals surface area (Å²) in [5, 5.41) is 11.3. The maximum absolute atomic E-state index is 14.4. The number of alkyl halides is 2. The zero-order chi connectivity index (χ0) is 22.3. The number of ether oxygens (including phenoxy) is 1. The quantitative estimate of drug-likeness (QED) is 0.316. The fourth-order valence-corrected chi connectivity index (χ4v) is 3.01. The molecule has 2 rings (SSSR count). The number of halogens is 5. The Morgan fingerprint density at radius 1 is 1.10 bits per heavy atom. The molecule has 1 unspecified atom stereocenters. The molecule has 0 aliphatic heterocycles. The van der Waals surface area contributed by atoms with E-state index in [1.54, 1.807) is 37.4 Å². The molecule has 1 atom stereocenters. The molecule has 0 bridgehead atoms. The van der Waals surface area contributed by atoms with E-state index in [2.05, 4.69) is 0 Å². The second kappa shape index (κ2) is 10.8. The Hall–Kier alpha value is -2.05. The van der Waals surface area contributed by atoms with Gasteiger partial charge >= 0.3 is 0 Å². The van der Waals surface area contributed by atoms with Crippen LogP contribution in [0.3, 0.4) is 0 Å². The number of aliphatic hydroxyl groups is 1. The molecule has 0 aliphatic carbocycles. The van der Waals surface area contributed by atoms with Crippen molar-refractivity contribution in [2.75, 3.05) is 7.05 Å². The van der Waals surface area contributed by atoms with Crippen molar-refractivity contribution in [3.8, 4) is 11.5 Å². The van der Waals surface area contributed by atoms with Gasteiger partial charge in [0.1, 0.15) is 11.5 Å². The van der Waals surface area contributed by atoms with Crippen molar-refractivity contribution in [3.63, 3.8) is 0 Å². The summed E-state index contributed by atoms with van der Waals surface area (Å²) < 4.78 is 34.4. The van der Waals surface area contributed by atoms with Crippen LogP contribution in [-0.2, 0) is 5.92 Å². The maximum Gasteiger partial charge on any atom is 0.271 e. The number of benzene rings is 2. The van der Waals surface area contributed by atoms with Crippen molar-refractivity contribution in [2.45, 2.75) is 19.1 Å². The van der Waals surface area contributed by atoms with Gasteiger partial charge in [0.25, 0.3) is 5.92 Å². The molecule has 0 aromatic heterocycles. The number of hydrogen-bond acceptors (Lipinski definition) is 3. The predicted octanol–water partition coefficient (Wildman–Crippen LogP) is 7.56. The number of rotatable bonds is 8. The van der Waals surface area contributed by atoms with Gasteiger partial charge in [0.2, 0.25) is 0 Å². The Morgan fingerprint density at radius 3 is 2.30 bits per heavy atom. The fourth-order valence-electron chi connectivity index (χ4n) is 2.68. The molecule has 2 aromatic rings. The van der Waals surface area contributed by atoms with Gasteiger partial charge in [-0.1, -0.05) is 40.9 Å². The SMILES string of the molecule is CN(C(C=CCl)=CC=CCl)C(O)c1ccc(Oc2ccc(Cl)cc2)cc1C(C)(F)F. The van der Waals surface area contributed by atoms with Gasteiger partial charge < -0.3 is 14.7 Å². The predicted molar refractivity (Wildman–Crippen MR) is 118 cm³/mol. The summed E-state index contributed by atoms with van der Waals surface area (Å²) in [6.07, 6.45) is 3.23. The highest BCUT2D eigenvalue weighted by Gasteiger charge is 2.32. The molecule has 160 valence electrons. The number of likely N-dealkylation sites (N-methyl/N-ethyl adjacent to an activating group) is 1. The molecule has 0 fully saturated rings. The summed E-state index contributed by atoms with van der Waals surface area (Å²) >= 11 is 17.0. The van der Waals surface area contributed by atoms with Crippen LogP contribution in [0.1, 0.15) is 24.3 Å². The van der Waals surface area contributed by atoms with Crippen molar-refractivity contribution in [2.24, 2.45) is 0 Å². The van der Waals surface area contributed by atoms with Gasteiger partial charge in [0.05, 0.1) is 0 Å². The summed E-state index contributed by atoms with van der Waals surface area (Å²) in [6, 6.07) is 10.6. The molecule has 0 saturated heterocycles. The fraction of sp³-hybridized carbons (Fsp3) is 0.182. The molecule has 0 saturated carbocycles. The second-order valence-corrected chi connectivity index (χ2v) is 7.32. The van der Waals surface area contributed by atoms with Crippen molar-refractivity contribution in [1.82, 2.24) is 4.90 Å². The minimum absolute atomic E-state index is 0.0252. The smallest absolute Gasteiger partial charge is 0.271 e. The second-order valence-electron chi connectivity index (χ2n) is 6.38. The Labute approximate surface area is 189 Å². The van der Waals surface area contributed by atoms with Crippen LogP contribution in [0.25, 0.3) is 0 Å². The van der Waals surface area contributed by atoms with Crippen molar-refractivity contribution in [1.29, 1.82) is 0 Å². The molecule has 0 radical (unpaired) electrons. The van der Waals surface area contributed by atoms with Crippen molar-refractivity contribution >= 4 is 34.8 Å². The maximum atomic E-state index is 14.4. The molecule has 0 amide bonds. The van der Waals surface area contributed by atoms with Crippen LogP contribution in [0, 0.1) is 0 Å². The van der Waals surface area contributed by atoms with E-state index in [9.17, 15) is 13.9 Å². The van der Waals surface area contributed by atoms with Crippen LogP contribution in [0.5, 0.6) is 11.5 Å². The lowest BCUT2D eigenvalue weighted by molar-refractivity contribution is 0.00380. The first kappa shape index (κ1) is 24.2. The molecule has 30 heavy (non-hydrogen) atoms. The normalized spacial score (nSPS) is 13.8. The molecule has 2 aromatic carbocycles. The van der Waals surface area contributed by atoms with E-state index in [1.165, 1.54) is 46.3 Å². The van der Waals surface area contributed by atoms with E-state index in [0.29, 0.717) is 16.5 Å². The average Bonchev–Trinajstić information content (AvgIpc) is 2.71. The van der Waals surface area contributed by atoms with Gasteiger partial charge in [-0.25, -0.2) is 8.78 Å². The van der Waals surface area contributed by atoms with Gasteiger partial charge in [-0.05, 0) is 54.6 Å². The van der Waals surface area contributed by atoms with Gasteiger partial charge in [-0.2, -0.15) is 0 Å². The first-order valence-corrected chi connectivity index (χ1v) is 10.0. The van der Waals surface area contributed by atoms with Gasteiger partial charge in [0, 0.05) is 46.9 Å². The Kier molecular flexibility index (Phi) is 8.74. The lowest BCUT2D eigenvalue weighted by Gasteiger charge is -2.29. The third-order valence-corrected chi connectivity index (χ3v) is 4.70. The molecule has 0 spiro atoms. The number of nitrogens with zero attached hydrogens (tertiary/aromatic N) is 1. The third-order valence-electron chi connectivity index (χ3n) is 4.17. The lowest BCUT2D eigenvalue weighted by Crippen LogP contribution is -2.26. The number of allylic oxidation sites excluding steroid dienone is 3. The van der Waals surface area contributed by atoms with E-state index in [-0.39, 0.29) is 16.9 Å². The Morgan fingerprint density at radius 2 is 1.73 bits per heavy atom. The third kappa shape index (κ3) is 6.47. The zero-order valence-electron chi connectivity index (χ0n) is 16.2. The average molecular weight is 475 g/mol. The zero-order valence-corrected chi connectivity index (χ0v) is 18.5. The first-order chi connectivity index (χ1) is 14.2. The largest absolute Gasteiger partial charge is 0.457 e. The minimum atomic E-state index is -3.22. The highest BCUT2D eigenvalue weighted by molar-refractivity contribution is 6.30. The van der Waals surface area contributed by atoms with Gasteiger partial charge in [-0.3, -0.25) is 0 Å². The molecular weight excluding hydrogens is 455 g/mol. The van der Waals surface area contributed by atoms with E-state index < -0.39 is 12.2 Å². The highest BCUT2D eigenvalue weighted by atomic mass is 35.5. The van der Waals surface area contributed by atoms with Crippen molar-refractivity contribution < 1.29 is 18.6 Å². The summed E-state index contributed by atoms with van der Waals surface area (Å²) in [4.78, 5) is 1.39. The monoisotopic (exact) mass is 473 g/mol. The number of hydrogen-bond donors (Lipinski definition) is 1. The van der Waals surface area contributed by atoms with Crippen LogP contribution in [-0.4, -0.2) is 17.1 Å². The van der Waals surface area contributed by atoms with Gasteiger partial charge in [0.15, 0.2) is 6.23 Å². The molecule has 0 heterocycles.